The molecule has 0 unspecified atom stereocenters. The number of nitrogens with one attached hydrogen (secondary N) is 1. The van der Waals surface area contributed by atoms with Gasteiger partial charge in [0.15, 0.2) is 0 Å². The van der Waals surface area contributed by atoms with Gasteiger partial charge in [-0.15, -0.1) is 6.58 Å². The third-order valence-electron chi connectivity index (χ3n) is 6.63. The van der Waals surface area contributed by atoms with Crippen molar-refractivity contribution in [2.45, 2.75) is 13.0 Å². The Morgan fingerprint density at radius 3 is 2.31 bits per heavy atom. The van der Waals surface area contributed by atoms with E-state index < -0.39 is 0 Å². The lowest BCUT2D eigenvalue weighted by atomic mass is 9.92. The first kappa shape index (κ1) is 24.7. The maximum absolute atomic E-state index is 13.1. The van der Waals surface area contributed by atoms with Crippen molar-refractivity contribution < 1.29 is 14.3 Å². The molecule has 1 aliphatic rings. The standard InChI is InChI=1S/C30H29N3O3/c1-3-4-28-26(20-33(30(28)35)19-22-7-15-27(36-2)16-8-22)18-32-29(34)25-13-11-24(12-14-25)23-9-5-21(17-31)6-10-23/h3,5-16,26,28H,1,4,18-20H2,2H3,(H,32,34)/t26-,28+/m1/s1. The second kappa shape index (κ2) is 11.4. The summed E-state index contributed by atoms with van der Waals surface area (Å²) in [5.41, 5.74) is 4.16. The van der Waals surface area contributed by atoms with Gasteiger partial charge in [0.2, 0.25) is 5.91 Å². The summed E-state index contributed by atoms with van der Waals surface area (Å²) in [5, 5.41) is 12.0. The molecule has 3 aromatic rings. The van der Waals surface area contributed by atoms with Gasteiger partial charge in [-0.05, 0) is 59.5 Å². The molecule has 0 aromatic heterocycles. The number of hydrogen-bond acceptors (Lipinski definition) is 4. The van der Waals surface area contributed by atoms with Gasteiger partial charge in [0.05, 0.1) is 18.7 Å². The van der Waals surface area contributed by atoms with Gasteiger partial charge in [0.25, 0.3) is 5.91 Å². The molecular formula is C30H29N3O3. The lowest BCUT2D eigenvalue weighted by Crippen LogP contribution is -2.32. The van der Waals surface area contributed by atoms with E-state index in [2.05, 4.69) is 18.0 Å². The van der Waals surface area contributed by atoms with E-state index in [4.69, 9.17) is 10.00 Å². The number of hydrogen-bond donors (Lipinski definition) is 1. The van der Waals surface area contributed by atoms with Crippen molar-refractivity contribution in [3.8, 4) is 22.9 Å². The van der Waals surface area contributed by atoms with Crippen molar-refractivity contribution in [2.75, 3.05) is 20.2 Å². The first-order chi connectivity index (χ1) is 17.5. The Morgan fingerprint density at radius 1 is 1.08 bits per heavy atom. The number of benzene rings is 3. The van der Waals surface area contributed by atoms with Crippen molar-refractivity contribution in [1.29, 1.82) is 5.26 Å². The van der Waals surface area contributed by atoms with Crippen LogP contribution in [0, 0.1) is 23.2 Å². The molecule has 0 spiro atoms. The lowest BCUT2D eigenvalue weighted by molar-refractivity contribution is -0.131. The summed E-state index contributed by atoms with van der Waals surface area (Å²) in [6.07, 6.45) is 2.36. The molecule has 2 atom stereocenters. The van der Waals surface area contributed by atoms with E-state index in [9.17, 15) is 9.59 Å². The largest absolute Gasteiger partial charge is 0.497 e. The molecule has 6 nitrogen and oxygen atoms in total. The molecule has 0 radical (unpaired) electrons. The molecular weight excluding hydrogens is 450 g/mol. The van der Waals surface area contributed by atoms with E-state index in [0.29, 0.717) is 37.2 Å². The van der Waals surface area contributed by atoms with Gasteiger partial charge in [-0.2, -0.15) is 5.26 Å². The van der Waals surface area contributed by atoms with Crippen LogP contribution in [-0.2, 0) is 11.3 Å². The first-order valence-corrected chi connectivity index (χ1v) is 11.9. The van der Waals surface area contributed by atoms with E-state index in [0.717, 1.165) is 22.4 Å². The van der Waals surface area contributed by atoms with E-state index in [1.807, 2.05) is 53.4 Å². The second-order valence-electron chi connectivity index (χ2n) is 8.93. The number of methoxy groups -OCH3 is 1. The smallest absolute Gasteiger partial charge is 0.251 e. The number of ether oxygens (including phenoxy) is 1. The molecule has 3 aromatic carbocycles. The summed E-state index contributed by atoms with van der Waals surface area (Å²) in [7, 11) is 1.63. The van der Waals surface area contributed by atoms with Gasteiger partial charge in [-0.3, -0.25) is 9.59 Å². The van der Waals surface area contributed by atoms with Crippen LogP contribution < -0.4 is 10.1 Å². The topological polar surface area (TPSA) is 82.4 Å². The van der Waals surface area contributed by atoms with Crippen molar-refractivity contribution in [3.05, 3.63) is 102 Å². The third kappa shape index (κ3) is 5.64. The average Bonchev–Trinajstić information content (AvgIpc) is 3.21. The van der Waals surface area contributed by atoms with Crippen molar-refractivity contribution in [2.24, 2.45) is 11.8 Å². The predicted octanol–water partition coefficient (Wildman–Crippen LogP) is 4.81. The fraction of sp³-hybridized carbons (Fsp3) is 0.233. The number of nitriles is 1. The number of carbonyl (C=O) groups is 2. The molecule has 0 bridgehead atoms. The maximum Gasteiger partial charge on any atom is 0.251 e. The highest BCUT2D eigenvalue weighted by Gasteiger charge is 2.39. The van der Waals surface area contributed by atoms with Gasteiger partial charge in [0.1, 0.15) is 5.75 Å². The number of amides is 2. The van der Waals surface area contributed by atoms with Crippen LogP contribution in [0.2, 0.25) is 0 Å². The Balaban J connectivity index is 1.37. The minimum atomic E-state index is -0.195. The zero-order chi connectivity index (χ0) is 25.5. The third-order valence-corrected chi connectivity index (χ3v) is 6.63. The Bertz CT molecular complexity index is 1260. The van der Waals surface area contributed by atoms with Crippen LogP contribution in [0.5, 0.6) is 5.75 Å². The summed E-state index contributed by atoms with van der Waals surface area (Å²) in [4.78, 5) is 27.8. The van der Waals surface area contributed by atoms with Gasteiger partial charge in [-0.1, -0.05) is 42.5 Å². The second-order valence-corrected chi connectivity index (χ2v) is 8.93. The molecule has 1 N–H and O–H groups in total. The SMILES string of the molecule is C=CC[C@@H]1C(=O)N(Cc2ccc(OC)cc2)C[C@H]1CNC(=O)c1ccc(-c2ccc(C#N)cc2)cc1. The lowest BCUT2D eigenvalue weighted by Gasteiger charge is -2.17. The molecule has 182 valence electrons. The van der Waals surface area contributed by atoms with Crippen molar-refractivity contribution >= 4 is 11.8 Å². The minimum Gasteiger partial charge on any atom is -0.497 e. The first-order valence-electron chi connectivity index (χ1n) is 11.9. The minimum absolute atomic E-state index is 0.00983. The molecule has 0 aliphatic carbocycles. The fourth-order valence-electron chi connectivity index (χ4n) is 4.59. The number of nitrogens with zero attached hydrogens (tertiary/aromatic N) is 2. The number of carbonyl (C=O) groups excluding carboxylic acids is 2. The Labute approximate surface area is 211 Å². The van der Waals surface area contributed by atoms with E-state index in [1.165, 1.54) is 0 Å². The van der Waals surface area contributed by atoms with Crippen molar-refractivity contribution in [1.82, 2.24) is 10.2 Å². The van der Waals surface area contributed by atoms with Gasteiger partial charge >= 0.3 is 0 Å². The fourth-order valence-corrected chi connectivity index (χ4v) is 4.59. The van der Waals surface area contributed by atoms with Crippen LogP contribution in [0.25, 0.3) is 11.1 Å². The van der Waals surface area contributed by atoms with Crippen LogP contribution in [0.3, 0.4) is 0 Å². The van der Waals surface area contributed by atoms with Crippen LogP contribution >= 0.6 is 0 Å². The molecule has 1 aliphatic heterocycles. The quantitative estimate of drug-likeness (QED) is 0.447. The predicted molar refractivity (Wildman–Crippen MR) is 139 cm³/mol. The number of rotatable bonds is 9. The molecule has 2 amide bonds. The highest BCUT2D eigenvalue weighted by atomic mass is 16.5. The summed E-state index contributed by atoms with van der Waals surface area (Å²) in [5.74, 6) is 0.522. The van der Waals surface area contributed by atoms with E-state index in [1.54, 1.807) is 37.5 Å². The van der Waals surface area contributed by atoms with Crippen molar-refractivity contribution in [3.63, 3.8) is 0 Å². The summed E-state index contributed by atoms with van der Waals surface area (Å²) in [6.45, 7) is 5.35. The zero-order valence-corrected chi connectivity index (χ0v) is 20.3. The summed E-state index contributed by atoms with van der Waals surface area (Å²) < 4.78 is 5.21. The molecule has 0 saturated carbocycles. The maximum atomic E-state index is 13.1. The summed E-state index contributed by atoms with van der Waals surface area (Å²) >= 11 is 0. The average molecular weight is 480 g/mol. The Kier molecular flexibility index (Phi) is 7.82. The number of likely N-dealkylation sites (tertiary alicyclic amines) is 1. The van der Waals surface area contributed by atoms with Crippen LogP contribution in [-0.4, -0.2) is 36.9 Å². The van der Waals surface area contributed by atoms with Gasteiger partial charge in [0, 0.05) is 37.0 Å². The highest BCUT2D eigenvalue weighted by Crippen LogP contribution is 2.29. The molecule has 6 heteroatoms. The van der Waals surface area contributed by atoms with E-state index in [-0.39, 0.29) is 23.7 Å². The van der Waals surface area contributed by atoms with Gasteiger partial charge in [-0.25, -0.2) is 0 Å². The van der Waals surface area contributed by atoms with E-state index >= 15 is 0 Å². The molecule has 36 heavy (non-hydrogen) atoms. The molecule has 1 saturated heterocycles. The number of allylic oxidation sites excluding steroid dienone is 1. The molecule has 1 fully saturated rings. The van der Waals surface area contributed by atoms with Crippen LogP contribution in [0.4, 0.5) is 0 Å². The highest BCUT2D eigenvalue weighted by molar-refractivity contribution is 5.94. The zero-order valence-electron chi connectivity index (χ0n) is 20.3. The monoisotopic (exact) mass is 479 g/mol. The summed E-state index contributed by atoms with van der Waals surface area (Å²) in [6, 6.07) is 24.5. The normalized spacial score (nSPS) is 16.9. The van der Waals surface area contributed by atoms with Crippen LogP contribution in [0.1, 0.15) is 27.9 Å². The molecule has 4 rings (SSSR count). The molecule has 1 heterocycles. The van der Waals surface area contributed by atoms with Crippen LogP contribution in [0.15, 0.2) is 85.5 Å². The Hall–Kier alpha value is -4.37. The Morgan fingerprint density at radius 2 is 1.72 bits per heavy atom. The van der Waals surface area contributed by atoms with Gasteiger partial charge < -0.3 is 15.0 Å².